The minimum absolute atomic E-state index is 0.431. The zero-order valence-electron chi connectivity index (χ0n) is 10.7. The summed E-state index contributed by atoms with van der Waals surface area (Å²) in [4.78, 5) is 0. The monoisotopic (exact) mass is 252 g/mol. The van der Waals surface area contributed by atoms with E-state index in [9.17, 15) is 0 Å². The van der Waals surface area contributed by atoms with Crippen LogP contribution in [0.4, 0.5) is 5.69 Å². The molecule has 0 atom stereocenters. The highest BCUT2D eigenvalue weighted by Crippen LogP contribution is 2.15. The lowest BCUT2D eigenvalue weighted by molar-refractivity contribution is 0.322. The topological polar surface area (TPSA) is 59.0 Å². The molecule has 0 fully saturated rings. The van der Waals surface area contributed by atoms with Crippen LogP contribution in [0, 0.1) is 11.3 Å². The lowest BCUT2D eigenvalue weighted by Gasteiger charge is -2.08. The third-order valence-corrected chi connectivity index (χ3v) is 2.90. The van der Waals surface area contributed by atoms with E-state index in [-0.39, 0.29) is 0 Å². The van der Waals surface area contributed by atoms with E-state index in [1.54, 1.807) is 0 Å². The van der Waals surface area contributed by atoms with Crippen molar-refractivity contribution in [2.24, 2.45) is 0 Å². The highest BCUT2D eigenvalue weighted by Gasteiger charge is 1.99. The summed E-state index contributed by atoms with van der Waals surface area (Å²) in [6, 6.07) is 17.5. The van der Waals surface area contributed by atoms with Crippen molar-refractivity contribution in [3.05, 3.63) is 59.7 Å². The summed E-state index contributed by atoms with van der Waals surface area (Å²) in [6.45, 7) is 0.589. The highest BCUT2D eigenvalue weighted by atomic mass is 16.5. The van der Waals surface area contributed by atoms with E-state index in [4.69, 9.17) is 15.7 Å². The van der Waals surface area contributed by atoms with Crippen molar-refractivity contribution in [2.75, 3.05) is 12.3 Å². The highest BCUT2D eigenvalue weighted by molar-refractivity contribution is 5.46. The van der Waals surface area contributed by atoms with Gasteiger partial charge in [0.2, 0.25) is 0 Å². The molecule has 2 rings (SSSR count). The van der Waals surface area contributed by atoms with Gasteiger partial charge in [-0.1, -0.05) is 30.3 Å². The van der Waals surface area contributed by atoms with Crippen LogP contribution in [-0.4, -0.2) is 6.61 Å². The molecule has 2 N–H and O–H groups in total. The Kier molecular flexibility index (Phi) is 4.41. The molecule has 0 heterocycles. The first-order chi connectivity index (χ1) is 9.29. The Morgan fingerprint density at radius 1 is 1.05 bits per heavy atom. The van der Waals surface area contributed by atoms with Crippen LogP contribution in [0.2, 0.25) is 0 Å². The summed E-state index contributed by atoms with van der Waals surface area (Å²) < 4.78 is 5.66. The normalized spacial score (nSPS) is 9.84. The molecule has 3 nitrogen and oxygen atoms in total. The molecule has 0 radical (unpaired) electrons. The van der Waals surface area contributed by atoms with Crippen LogP contribution < -0.4 is 10.5 Å². The van der Waals surface area contributed by atoms with Gasteiger partial charge in [0, 0.05) is 12.1 Å². The lowest BCUT2D eigenvalue weighted by atomic mass is 10.1. The summed E-state index contributed by atoms with van der Waals surface area (Å²) in [7, 11) is 0. The van der Waals surface area contributed by atoms with Crippen LogP contribution in [0.1, 0.15) is 11.1 Å². The van der Waals surface area contributed by atoms with Crippen molar-refractivity contribution in [1.82, 2.24) is 0 Å². The van der Waals surface area contributed by atoms with E-state index in [2.05, 4.69) is 6.07 Å². The minimum atomic E-state index is 0.431. The van der Waals surface area contributed by atoms with Gasteiger partial charge >= 0.3 is 0 Å². The van der Waals surface area contributed by atoms with E-state index in [0.29, 0.717) is 13.0 Å². The number of benzene rings is 2. The molecule has 0 aliphatic heterocycles. The summed E-state index contributed by atoms with van der Waals surface area (Å²) in [5.41, 5.74) is 8.77. The van der Waals surface area contributed by atoms with Crippen LogP contribution in [0.5, 0.6) is 5.75 Å². The number of nitriles is 1. The Hall–Kier alpha value is -2.47. The second-order valence-corrected chi connectivity index (χ2v) is 4.28. The van der Waals surface area contributed by atoms with E-state index in [0.717, 1.165) is 29.0 Å². The fourth-order valence-corrected chi connectivity index (χ4v) is 1.84. The molecule has 0 aliphatic carbocycles. The Morgan fingerprint density at radius 2 is 1.79 bits per heavy atom. The van der Waals surface area contributed by atoms with Gasteiger partial charge in [-0.05, 0) is 29.3 Å². The second kappa shape index (κ2) is 6.46. The molecule has 0 spiro atoms. The number of hydrogen-bond donors (Lipinski definition) is 1. The predicted molar refractivity (Wildman–Crippen MR) is 75.8 cm³/mol. The molecule has 3 heteroatoms. The SMILES string of the molecule is N#CCc1ccc(OCCc2ccccc2N)cc1. The van der Waals surface area contributed by atoms with Crippen molar-refractivity contribution in [3.8, 4) is 11.8 Å². The van der Waals surface area contributed by atoms with E-state index < -0.39 is 0 Å². The number of anilines is 1. The quantitative estimate of drug-likeness (QED) is 0.832. The van der Waals surface area contributed by atoms with Gasteiger partial charge in [-0.15, -0.1) is 0 Å². The van der Waals surface area contributed by atoms with Gasteiger partial charge in [0.15, 0.2) is 0 Å². The summed E-state index contributed by atoms with van der Waals surface area (Å²) in [5, 5.41) is 8.59. The van der Waals surface area contributed by atoms with Gasteiger partial charge < -0.3 is 10.5 Å². The van der Waals surface area contributed by atoms with E-state index in [1.807, 2.05) is 48.5 Å². The predicted octanol–water partition coefficient (Wildman–Crippen LogP) is 2.96. The van der Waals surface area contributed by atoms with Crippen LogP contribution in [0.15, 0.2) is 48.5 Å². The average Bonchev–Trinajstić information content (AvgIpc) is 2.43. The number of ether oxygens (including phenoxy) is 1. The molecule has 0 amide bonds. The number of hydrogen-bond acceptors (Lipinski definition) is 3. The van der Waals surface area contributed by atoms with Crippen molar-refractivity contribution in [2.45, 2.75) is 12.8 Å². The molecule has 96 valence electrons. The van der Waals surface area contributed by atoms with Gasteiger partial charge in [0.25, 0.3) is 0 Å². The van der Waals surface area contributed by atoms with Crippen molar-refractivity contribution < 1.29 is 4.74 Å². The lowest BCUT2D eigenvalue weighted by Crippen LogP contribution is -2.03. The molecule has 0 bridgehead atoms. The number of nitrogens with two attached hydrogens (primary N) is 1. The van der Waals surface area contributed by atoms with Gasteiger partial charge in [-0.25, -0.2) is 0 Å². The van der Waals surface area contributed by atoms with Crippen molar-refractivity contribution in [3.63, 3.8) is 0 Å². The number of para-hydroxylation sites is 1. The molecule has 0 saturated heterocycles. The minimum Gasteiger partial charge on any atom is -0.493 e. The smallest absolute Gasteiger partial charge is 0.119 e. The van der Waals surface area contributed by atoms with Gasteiger partial charge in [-0.3, -0.25) is 0 Å². The van der Waals surface area contributed by atoms with Crippen molar-refractivity contribution >= 4 is 5.69 Å². The maximum absolute atomic E-state index is 8.59. The van der Waals surface area contributed by atoms with E-state index in [1.165, 1.54) is 0 Å². The number of rotatable bonds is 5. The Balaban J connectivity index is 1.86. The molecule has 0 unspecified atom stereocenters. The third kappa shape index (κ3) is 3.75. The summed E-state index contributed by atoms with van der Waals surface area (Å²) in [6.07, 6.45) is 1.22. The molecule has 2 aromatic rings. The first-order valence-electron chi connectivity index (χ1n) is 6.21. The maximum atomic E-state index is 8.59. The second-order valence-electron chi connectivity index (χ2n) is 4.28. The number of nitrogen functional groups attached to an aromatic ring is 1. The van der Waals surface area contributed by atoms with Crippen molar-refractivity contribution in [1.29, 1.82) is 5.26 Å². The summed E-state index contributed by atoms with van der Waals surface area (Å²) in [5.74, 6) is 0.816. The van der Waals surface area contributed by atoms with Gasteiger partial charge in [-0.2, -0.15) is 5.26 Å². The fraction of sp³-hybridized carbons (Fsp3) is 0.188. The maximum Gasteiger partial charge on any atom is 0.119 e. The molecular weight excluding hydrogens is 236 g/mol. The van der Waals surface area contributed by atoms with Gasteiger partial charge in [0.05, 0.1) is 19.1 Å². The number of nitrogens with zero attached hydrogens (tertiary/aromatic N) is 1. The Morgan fingerprint density at radius 3 is 2.47 bits per heavy atom. The molecule has 0 aromatic heterocycles. The largest absolute Gasteiger partial charge is 0.493 e. The van der Waals surface area contributed by atoms with Crippen LogP contribution in [0.3, 0.4) is 0 Å². The Labute approximate surface area is 113 Å². The zero-order valence-corrected chi connectivity index (χ0v) is 10.7. The first kappa shape index (κ1) is 13.0. The molecule has 0 saturated carbocycles. The van der Waals surface area contributed by atoms with Gasteiger partial charge in [0.1, 0.15) is 5.75 Å². The molecule has 2 aromatic carbocycles. The average molecular weight is 252 g/mol. The zero-order chi connectivity index (χ0) is 13.5. The molecular formula is C16H16N2O. The Bertz CT molecular complexity index is 570. The first-order valence-corrected chi connectivity index (χ1v) is 6.21. The van der Waals surface area contributed by atoms with Crippen LogP contribution >= 0.6 is 0 Å². The fourth-order valence-electron chi connectivity index (χ4n) is 1.84. The molecule has 19 heavy (non-hydrogen) atoms. The third-order valence-electron chi connectivity index (χ3n) is 2.90. The standard InChI is InChI=1S/C16H16N2O/c17-11-9-13-5-7-15(8-6-13)19-12-10-14-3-1-2-4-16(14)18/h1-8H,9-10,12,18H2. The van der Waals surface area contributed by atoms with Crippen LogP contribution in [0.25, 0.3) is 0 Å². The summed E-state index contributed by atoms with van der Waals surface area (Å²) >= 11 is 0. The van der Waals surface area contributed by atoms with Crippen LogP contribution in [-0.2, 0) is 12.8 Å². The molecule has 0 aliphatic rings. The van der Waals surface area contributed by atoms with E-state index >= 15 is 0 Å².